The van der Waals surface area contributed by atoms with Gasteiger partial charge in [0.1, 0.15) is 18.3 Å². The van der Waals surface area contributed by atoms with Gasteiger partial charge in [0.25, 0.3) is 10.0 Å². The summed E-state index contributed by atoms with van der Waals surface area (Å²) in [6.45, 7) is 5.55. The number of amides is 2. The van der Waals surface area contributed by atoms with Crippen molar-refractivity contribution in [3.63, 3.8) is 0 Å². The molecule has 0 radical (unpaired) electrons. The summed E-state index contributed by atoms with van der Waals surface area (Å²) in [4.78, 5) is 28.8. The maximum absolute atomic E-state index is 14.0. The number of sulfonamides is 1. The molecule has 0 fully saturated rings. The van der Waals surface area contributed by atoms with Gasteiger partial charge in [-0.2, -0.15) is 0 Å². The van der Waals surface area contributed by atoms with Crippen molar-refractivity contribution in [3.05, 3.63) is 90.5 Å². The van der Waals surface area contributed by atoms with Crippen LogP contribution in [0.4, 0.5) is 5.69 Å². The third kappa shape index (κ3) is 7.85. The molecular weight excluding hydrogens is 526 g/mol. The molecule has 0 bridgehead atoms. The van der Waals surface area contributed by atoms with Crippen molar-refractivity contribution in [1.29, 1.82) is 0 Å². The highest BCUT2D eigenvalue weighted by Gasteiger charge is 2.33. The summed E-state index contributed by atoms with van der Waals surface area (Å²) < 4.78 is 34.0. The normalized spacial score (nSPS) is 12.7. The van der Waals surface area contributed by atoms with Gasteiger partial charge in [-0.15, -0.1) is 0 Å². The molecule has 3 aromatic carbocycles. The molecule has 2 atom stereocenters. The van der Waals surface area contributed by atoms with Crippen molar-refractivity contribution in [3.8, 4) is 5.75 Å². The van der Waals surface area contributed by atoms with E-state index in [1.54, 1.807) is 42.5 Å². The van der Waals surface area contributed by atoms with E-state index in [0.29, 0.717) is 24.3 Å². The largest absolute Gasteiger partial charge is 0.497 e. The Bertz CT molecular complexity index is 1330. The number of benzene rings is 3. The van der Waals surface area contributed by atoms with E-state index in [1.807, 2.05) is 51.1 Å². The second-order valence-electron chi connectivity index (χ2n) is 9.59. The van der Waals surface area contributed by atoms with Crippen LogP contribution in [-0.4, -0.2) is 57.4 Å². The minimum absolute atomic E-state index is 0.0299. The highest BCUT2D eigenvalue weighted by atomic mass is 32.2. The molecule has 0 aliphatic heterocycles. The minimum atomic E-state index is -4.12. The van der Waals surface area contributed by atoms with Gasteiger partial charge >= 0.3 is 0 Å². The molecule has 0 saturated carbocycles. The third-order valence-corrected chi connectivity index (χ3v) is 8.63. The number of nitrogens with one attached hydrogen (secondary N) is 1. The molecule has 3 aromatic rings. The van der Waals surface area contributed by atoms with Crippen LogP contribution < -0.4 is 14.4 Å². The lowest BCUT2D eigenvalue weighted by atomic mass is 10.1. The molecule has 0 aromatic heterocycles. The number of para-hydroxylation sites is 1. The van der Waals surface area contributed by atoms with E-state index in [4.69, 9.17) is 4.74 Å². The van der Waals surface area contributed by atoms with Gasteiger partial charge in [-0.1, -0.05) is 62.4 Å². The van der Waals surface area contributed by atoms with Crippen molar-refractivity contribution < 1.29 is 22.7 Å². The van der Waals surface area contributed by atoms with Crippen LogP contribution in [0.5, 0.6) is 5.75 Å². The molecule has 2 amide bonds. The number of anilines is 1. The second-order valence-corrected chi connectivity index (χ2v) is 11.4. The van der Waals surface area contributed by atoms with Gasteiger partial charge in [0, 0.05) is 12.6 Å². The number of nitrogens with zero attached hydrogens (tertiary/aromatic N) is 2. The van der Waals surface area contributed by atoms with Crippen molar-refractivity contribution in [2.24, 2.45) is 0 Å². The van der Waals surface area contributed by atoms with Crippen molar-refractivity contribution >= 4 is 27.5 Å². The molecule has 214 valence electrons. The molecule has 0 heterocycles. The Balaban J connectivity index is 1.98. The zero-order valence-corrected chi connectivity index (χ0v) is 24.4. The zero-order chi connectivity index (χ0) is 29.1. The Morgan fingerprint density at radius 1 is 0.875 bits per heavy atom. The molecule has 0 spiro atoms. The number of hydrogen-bond acceptors (Lipinski definition) is 5. The van der Waals surface area contributed by atoms with Gasteiger partial charge in [-0.3, -0.25) is 13.9 Å². The summed E-state index contributed by atoms with van der Waals surface area (Å²) in [5, 5.41) is 2.99. The van der Waals surface area contributed by atoms with Crippen molar-refractivity contribution in [2.75, 3.05) is 24.5 Å². The molecule has 9 heteroatoms. The first kappa shape index (κ1) is 30.7. The van der Waals surface area contributed by atoms with Crippen molar-refractivity contribution in [2.45, 2.75) is 57.0 Å². The number of carbonyl (C=O) groups excluding carboxylic acids is 2. The van der Waals surface area contributed by atoms with Crippen molar-refractivity contribution in [1.82, 2.24) is 10.2 Å². The molecule has 40 heavy (non-hydrogen) atoms. The molecule has 3 rings (SSSR count). The summed E-state index contributed by atoms with van der Waals surface area (Å²) in [6.07, 6.45) is 1.66. The molecule has 0 aliphatic carbocycles. The maximum Gasteiger partial charge on any atom is 0.264 e. The number of ether oxygens (including phenoxy) is 1. The summed E-state index contributed by atoms with van der Waals surface area (Å²) >= 11 is 0. The average molecular weight is 566 g/mol. The highest BCUT2D eigenvalue weighted by molar-refractivity contribution is 7.92. The van der Waals surface area contributed by atoms with Gasteiger partial charge in [-0.25, -0.2) is 8.42 Å². The summed E-state index contributed by atoms with van der Waals surface area (Å²) in [5.41, 5.74) is 1.37. The molecule has 1 N–H and O–H groups in total. The molecule has 0 saturated heterocycles. The number of methoxy groups -OCH3 is 1. The van der Waals surface area contributed by atoms with Crippen LogP contribution in [0.3, 0.4) is 0 Å². The van der Waals surface area contributed by atoms with Gasteiger partial charge in [0.15, 0.2) is 0 Å². The van der Waals surface area contributed by atoms with E-state index in [1.165, 1.54) is 24.1 Å². The SMILES string of the molecule is CC[C@@H](C)NC(=O)[C@H](CC)N(CCc1ccccc1)C(=O)CN(c1ccccc1)S(=O)(=O)c1ccc(OC)cc1. The van der Waals surface area contributed by atoms with E-state index in [2.05, 4.69) is 5.32 Å². The molecule has 8 nitrogen and oxygen atoms in total. The van der Waals surface area contributed by atoms with Crippen LogP contribution in [0.1, 0.15) is 39.2 Å². The lowest BCUT2D eigenvalue weighted by Crippen LogP contribution is -2.54. The van der Waals surface area contributed by atoms with E-state index < -0.39 is 28.5 Å². The Hall–Kier alpha value is -3.85. The fourth-order valence-electron chi connectivity index (χ4n) is 4.33. The van der Waals surface area contributed by atoms with Crippen LogP contribution in [0.25, 0.3) is 0 Å². The van der Waals surface area contributed by atoms with Gasteiger partial charge in [0.05, 0.1) is 17.7 Å². The Morgan fingerprint density at radius 2 is 1.48 bits per heavy atom. The Kier molecular flexibility index (Phi) is 11.1. The lowest BCUT2D eigenvalue weighted by Gasteiger charge is -2.33. The van der Waals surface area contributed by atoms with Gasteiger partial charge in [0.2, 0.25) is 11.8 Å². The summed E-state index contributed by atoms with van der Waals surface area (Å²) in [6, 6.07) is 23.5. The summed E-state index contributed by atoms with van der Waals surface area (Å²) in [5.74, 6) is -0.183. The monoisotopic (exact) mass is 565 g/mol. The minimum Gasteiger partial charge on any atom is -0.497 e. The standard InChI is InChI=1S/C31H39N3O5S/c1-5-24(3)32-31(36)29(6-2)33(22-21-25-13-9-7-10-14-25)30(35)23-34(26-15-11-8-12-16-26)40(37,38)28-19-17-27(39-4)18-20-28/h7-20,24,29H,5-6,21-23H2,1-4H3,(H,32,36)/t24-,29+/m1/s1. The second kappa shape index (κ2) is 14.5. The van der Waals surface area contributed by atoms with E-state index in [9.17, 15) is 18.0 Å². The fourth-order valence-corrected chi connectivity index (χ4v) is 5.75. The highest BCUT2D eigenvalue weighted by Crippen LogP contribution is 2.25. The maximum atomic E-state index is 14.0. The first-order valence-electron chi connectivity index (χ1n) is 13.6. The Labute approximate surface area is 238 Å². The van der Waals surface area contributed by atoms with Crippen LogP contribution in [0.2, 0.25) is 0 Å². The first-order chi connectivity index (χ1) is 19.2. The molecule has 0 unspecified atom stereocenters. The quantitative estimate of drug-likeness (QED) is 0.307. The van der Waals surface area contributed by atoms with Gasteiger partial charge < -0.3 is 15.0 Å². The third-order valence-electron chi connectivity index (χ3n) is 6.84. The van der Waals surface area contributed by atoms with E-state index >= 15 is 0 Å². The summed E-state index contributed by atoms with van der Waals surface area (Å²) in [7, 11) is -2.62. The van der Waals surface area contributed by atoms with Crippen LogP contribution in [-0.2, 0) is 26.0 Å². The number of carbonyl (C=O) groups is 2. The van der Waals surface area contributed by atoms with Crippen LogP contribution in [0.15, 0.2) is 89.8 Å². The van der Waals surface area contributed by atoms with Gasteiger partial charge in [-0.05, 0) is 68.1 Å². The predicted octanol–water partition coefficient (Wildman–Crippen LogP) is 4.66. The average Bonchev–Trinajstić information content (AvgIpc) is 2.98. The lowest BCUT2D eigenvalue weighted by molar-refractivity contribution is -0.139. The smallest absolute Gasteiger partial charge is 0.264 e. The molecule has 0 aliphatic rings. The number of hydrogen-bond donors (Lipinski definition) is 1. The first-order valence-corrected chi connectivity index (χ1v) is 15.0. The molecular formula is C31H39N3O5S. The zero-order valence-electron chi connectivity index (χ0n) is 23.6. The van der Waals surface area contributed by atoms with E-state index in [-0.39, 0.29) is 23.4 Å². The number of rotatable bonds is 14. The Morgan fingerprint density at radius 3 is 2.02 bits per heavy atom. The fraction of sp³-hybridized carbons (Fsp3) is 0.355. The topological polar surface area (TPSA) is 96.0 Å². The predicted molar refractivity (Wildman–Crippen MR) is 158 cm³/mol. The van der Waals surface area contributed by atoms with Crippen LogP contribution in [0, 0.1) is 0 Å². The van der Waals surface area contributed by atoms with Crippen LogP contribution >= 0.6 is 0 Å². The van der Waals surface area contributed by atoms with E-state index in [0.717, 1.165) is 16.3 Å².